The van der Waals surface area contributed by atoms with Gasteiger partial charge >= 0.3 is 6.09 Å². The number of hydrogen-bond donors (Lipinski definition) is 0. The molecule has 32 heavy (non-hydrogen) atoms. The Hall–Kier alpha value is -3.27. The average Bonchev–Trinajstić information content (AvgIpc) is 2.87. The van der Waals surface area contributed by atoms with Crippen LogP contribution in [-0.4, -0.2) is 31.2 Å². The second-order valence-corrected chi connectivity index (χ2v) is 8.91. The molecule has 3 aliphatic carbocycles. The Morgan fingerprint density at radius 2 is 1.50 bits per heavy atom. The third-order valence-electron chi connectivity index (χ3n) is 7.28. The zero-order valence-corrected chi connectivity index (χ0v) is 18.6. The van der Waals surface area contributed by atoms with Crippen LogP contribution in [0.5, 0.6) is 5.75 Å². The molecular weight excluding hydrogens is 398 g/mol. The topological polar surface area (TPSA) is 38.8 Å². The molecule has 0 heterocycles. The lowest BCUT2D eigenvalue weighted by atomic mass is 9.58. The molecule has 4 nitrogen and oxygen atoms in total. The second-order valence-electron chi connectivity index (χ2n) is 8.91. The predicted octanol–water partition coefficient (Wildman–Crippen LogP) is 6.09. The molecule has 1 fully saturated rings. The number of rotatable bonds is 5. The molecule has 1 amide bonds. The fraction of sp³-hybridized carbons (Fsp3) is 0.321. The Kier molecular flexibility index (Phi) is 5.60. The monoisotopic (exact) mass is 427 g/mol. The van der Waals surface area contributed by atoms with Crippen molar-refractivity contribution in [3.05, 3.63) is 101 Å². The van der Waals surface area contributed by atoms with Gasteiger partial charge in [-0.15, -0.1) is 0 Å². The summed E-state index contributed by atoms with van der Waals surface area (Å²) < 4.78 is 11.0. The maximum atomic E-state index is 12.9. The number of ether oxygens (including phenoxy) is 2. The third kappa shape index (κ3) is 3.75. The molecule has 3 aromatic rings. The van der Waals surface area contributed by atoms with Gasteiger partial charge in [-0.25, -0.2) is 4.79 Å². The van der Waals surface area contributed by atoms with E-state index >= 15 is 0 Å². The van der Waals surface area contributed by atoms with Crippen LogP contribution in [0.2, 0.25) is 0 Å². The van der Waals surface area contributed by atoms with Gasteiger partial charge in [0.15, 0.2) is 0 Å². The van der Waals surface area contributed by atoms with Gasteiger partial charge in [0.1, 0.15) is 12.4 Å². The molecule has 0 spiro atoms. The van der Waals surface area contributed by atoms with Crippen LogP contribution < -0.4 is 4.74 Å². The normalized spacial score (nSPS) is 23.3. The molecule has 164 valence electrons. The van der Waals surface area contributed by atoms with Crippen molar-refractivity contribution in [2.75, 3.05) is 14.2 Å². The van der Waals surface area contributed by atoms with Gasteiger partial charge in [-0.05, 0) is 59.1 Å². The first-order valence-corrected chi connectivity index (χ1v) is 11.3. The quantitative estimate of drug-likeness (QED) is 0.494. The van der Waals surface area contributed by atoms with Crippen molar-refractivity contribution in [3.63, 3.8) is 0 Å². The summed E-state index contributed by atoms with van der Waals surface area (Å²) in [6, 6.07) is 27.2. The molecule has 3 aliphatic rings. The number of fused-ring (bicyclic) bond motifs is 2. The molecule has 0 N–H and O–H groups in total. The lowest BCUT2D eigenvalue weighted by Crippen LogP contribution is -2.48. The highest BCUT2D eigenvalue weighted by molar-refractivity contribution is 5.68. The molecule has 4 atom stereocenters. The van der Waals surface area contributed by atoms with E-state index in [1.165, 1.54) is 16.7 Å². The molecule has 0 saturated heterocycles. The molecule has 0 aromatic heterocycles. The summed E-state index contributed by atoms with van der Waals surface area (Å²) in [5.41, 5.74) is 5.18. The van der Waals surface area contributed by atoms with Crippen molar-refractivity contribution in [2.45, 2.75) is 43.2 Å². The van der Waals surface area contributed by atoms with Crippen LogP contribution in [0.1, 0.15) is 52.8 Å². The Morgan fingerprint density at radius 1 is 0.844 bits per heavy atom. The number of nitrogens with zero attached hydrogens (tertiary/aromatic N) is 1. The van der Waals surface area contributed by atoms with Crippen molar-refractivity contribution >= 4 is 6.09 Å². The van der Waals surface area contributed by atoms with Crippen LogP contribution in [0.3, 0.4) is 0 Å². The highest BCUT2D eigenvalue weighted by atomic mass is 16.6. The number of carbonyl (C=O) groups excluding carboxylic acids is 1. The molecule has 0 unspecified atom stereocenters. The van der Waals surface area contributed by atoms with Crippen LogP contribution in [0.4, 0.5) is 4.79 Å². The highest BCUT2D eigenvalue weighted by Gasteiger charge is 2.47. The van der Waals surface area contributed by atoms with Gasteiger partial charge in [-0.3, -0.25) is 0 Å². The summed E-state index contributed by atoms with van der Waals surface area (Å²) in [5.74, 6) is 2.02. The van der Waals surface area contributed by atoms with E-state index in [0.717, 1.165) is 24.2 Å². The Morgan fingerprint density at radius 3 is 2.19 bits per heavy atom. The maximum absolute atomic E-state index is 12.9. The van der Waals surface area contributed by atoms with E-state index in [1.807, 2.05) is 54.4 Å². The molecule has 6 rings (SSSR count). The maximum Gasteiger partial charge on any atom is 0.410 e. The van der Waals surface area contributed by atoms with E-state index in [2.05, 4.69) is 36.4 Å². The van der Waals surface area contributed by atoms with E-state index in [4.69, 9.17) is 9.47 Å². The molecule has 0 aliphatic heterocycles. The first-order valence-electron chi connectivity index (χ1n) is 11.3. The lowest BCUT2D eigenvalue weighted by Gasteiger charge is -2.51. The van der Waals surface area contributed by atoms with Crippen molar-refractivity contribution in [3.8, 4) is 5.75 Å². The van der Waals surface area contributed by atoms with E-state index in [0.29, 0.717) is 24.4 Å². The average molecular weight is 428 g/mol. The lowest BCUT2D eigenvalue weighted by molar-refractivity contribution is 0.0687. The minimum atomic E-state index is -0.245. The summed E-state index contributed by atoms with van der Waals surface area (Å²) in [7, 11) is 3.59. The smallest absolute Gasteiger partial charge is 0.410 e. The van der Waals surface area contributed by atoms with Gasteiger partial charge < -0.3 is 14.4 Å². The van der Waals surface area contributed by atoms with Crippen molar-refractivity contribution in [2.24, 2.45) is 0 Å². The largest absolute Gasteiger partial charge is 0.497 e. The molecular formula is C28H29NO3. The molecule has 0 radical (unpaired) electrons. The standard InChI is InChI=1S/C28H29NO3/c1-29(28(30)32-18-19-8-4-3-5-9-19)27-17-25-22-10-6-7-11-23(22)26(27)16-24(25)20-12-14-21(31-2)15-13-20/h3-15,24-27H,16-18H2,1-2H3/t24-,25-,26-,27+/m1/s1. The van der Waals surface area contributed by atoms with E-state index in [1.54, 1.807) is 7.11 Å². The zero-order valence-electron chi connectivity index (χ0n) is 18.6. The van der Waals surface area contributed by atoms with Crippen molar-refractivity contribution < 1.29 is 14.3 Å². The van der Waals surface area contributed by atoms with Crippen LogP contribution in [-0.2, 0) is 11.3 Å². The Balaban J connectivity index is 1.36. The summed E-state index contributed by atoms with van der Waals surface area (Å²) >= 11 is 0. The summed E-state index contributed by atoms with van der Waals surface area (Å²) in [5, 5.41) is 0. The summed E-state index contributed by atoms with van der Waals surface area (Å²) in [6.07, 6.45) is 1.74. The summed E-state index contributed by atoms with van der Waals surface area (Å²) in [6.45, 7) is 0.301. The van der Waals surface area contributed by atoms with Crippen LogP contribution in [0.25, 0.3) is 0 Å². The number of hydrogen-bond acceptors (Lipinski definition) is 3. The number of methoxy groups -OCH3 is 1. The second kappa shape index (κ2) is 8.70. The van der Waals surface area contributed by atoms with Gasteiger partial charge in [-0.1, -0.05) is 66.7 Å². The van der Waals surface area contributed by atoms with Crippen molar-refractivity contribution in [1.82, 2.24) is 4.90 Å². The van der Waals surface area contributed by atoms with E-state index in [9.17, 15) is 4.79 Å². The van der Waals surface area contributed by atoms with Crippen LogP contribution in [0, 0.1) is 0 Å². The summed E-state index contributed by atoms with van der Waals surface area (Å²) in [4.78, 5) is 14.7. The minimum Gasteiger partial charge on any atom is -0.497 e. The van der Waals surface area contributed by atoms with Crippen molar-refractivity contribution in [1.29, 1.82) is 0 Å². The predicted molar refractivity (Wildman–Crippen MR) is 125 cm³/mol. The number of carbonyl (C=O) groups is 1. The minimum absolute atomic E-state index is 0.146. The fourth-order valence-corrected chi connectivity index (χ4v) is 5.65. The fourth-order valence-electron chi connectivity index (χ4n) is 5.65. The molecule has 2 bridgehead atoms. The van der Waals surface area contributed by atoms with Gasteiger partial charge in [0.2, 0.25) is 0 Å². The van der Waals surface area contributed by atoms with Gasteiger partial charge in [0, 0.05) is 19.0 Å². The van der Waals surface area contributed by atoms with Crippen LogP contribution in [0.15, 0.2) is 78.9 Å². The van der Waals surface area contributed by atoms with E-state index < -0.39 is 0 Å². The highest BCUT2D eigenvalue weighted by Crippen LogP contribution is 2.57. The first kappa shape index (κ1) is 20.6. The molecule has 4 heteroatoms. The van der Waals surface area contributed by atoms with Gasteiger partial charge in [0.25, 0.3) is 0 Å². The van der Waals surface area contributed by atoms with Gasteiger partial charge in [0.05, 0.1) is 7.11 Å². The number of likely N-dealkylation sites (N-methyl/N-ethyl adjacent to an activating group) is 1. The number of benzene rings is 3. The third-order valence-corrected chi connectivity index (χ3v) is 7.28. The van der Waals surface area contributed by atoms with Gasteiger partial charge in [-0.2, -0.15) is 0 Å². The van der Waals surface area contributed by atoms with Crippen LogP contribution >= 0.6 is 0 Å². The SMILES string of the molecule is COc1ccc([C@H]2C[C@@H]3c4ccccc4[C@H]2C[C@@H]3N(C)C(=O)OCc2ccccc2)cc1. The zero-order chi connectivity index (χ0) is 22.1. The molecule has 3 aromatic carbocycles. The Bertz CT molecular complexity index is 1080. The first-order chi connectivity index (χ1) is 15.7. The molecule has 1 saturated carbocycles. The van der Waals surface area contributed by atoms with E-state index in [-0.39, 0.29) is 12.1 Å². The number of amides is 1. The Labute approximate surface area is 189 Å².